The third-order valence-corrected chi connectivity index (χ3v) is 8.46. The first-order valence-corrected chi connectivity index (χ1v) is 9.33. The van der Waals surface area contributed by atoms with Crippen molar-refractivity contribution < 1.29 is 10.2 Å². The predicted molar refractivity (Wildman–Crippen MR) is 83.7 cm³/mol. The molecule has 2 N–H and O–H groups in total. The van der Waals surface area contributed by atoms with Crippen LogP contribution in [0.15, 0.2) is 0 Å². The van der Waals surface area contributed by atoms with Gasteiger partial charge in [0.15, 0.2) is 0 Å². The van der Waals surface area contributed by atoms with Crippen LogP contribution in [0.25, 0.3) is 0 Å². The lowest BCUT2D eigenvalue weighted by Crippen LogP contribution is -2.58. The molecule has 0 saturated heterocycles. The van der Waals surface area contributed by atoms with Gasteiger partial charge in [-0.1, -0.05) is 26.7 Å². The maximum atomic E-state index is 11.0. The largest absolute Gasteiger partial charge is 0.393 e. The molecule has 0 heterocycles. The van der Waals surface area contributed by atoms with Gasteiger partial charge >= 0.3 is 0 Å². The Morgan fingerprint density at radius 2 is 1.67 bits per heavy atom. The van der Waals surface area contributed by atoms with E-state index >= 15 is 0 Å². The van der Waals surface area contributed by atoms with E-state index in [0.717, 1.165) is 18.8 Å². The summed E-state index contributed by atoms with van der Waals surface area (Å²) in [6.45, 7) is 4.75. The van der Waals surface area contributed by atoms with Crippen LogP contribution in [0.4, 0.5) is 0 Å². The molecule has 4 fully saturated rings. The standard InChI is InChI=1S/C19H32O2/c1-18-10-4-3-5-12(18)6-7-13-14-8-9-16(21)19(14,2)11-15(20)17(13)18/h12-17,20-21H,3-11H2,1-2H3/t12-,13-,14-,15-,16+,17+,18+,19+/m1/s1. The molecule has 120 valence electrons. The zero-order valence-corrected chi connectivity index (χ0v) is 13.7. The first kappa shape index (κ1) is 14.5. The van der Waals surface area contributed by atoms with Crippen molar-refractivity contribution in [2.75, 3.05) is 0 Å². The van der Waals surface area contributed by atoms with Crippen LogP contribution in [0.2, 0.25) is 0 Å². The molecule has 4 saturated carbocycles. The van der Waals surface area contributed by atoms with Crippen molar-refractivity contribution in [3.63, 3.8) is 0 Å². The van der Waals surface area contributed by atoms with Crippen LogP contribution in [0.5, 0.6) is 0 Å². The second-order valence-corrected chi connectivity index (χ2v) is 9.19. The van der Waals surface area contributed by atoms with E-state index in [4.69, 9.17) is 0 Å². The zero-order valence-electron chi connectivity index (χ0n) is 13.7. The maximum absolute atomic E-state index is 11.0. The number of fused-ring (bicyclic) bond motifs is 5. The van der Waals surface area contributed by atoms with Gasteiger partial charge in [0.2, 0.25) is 0 Å². The molecule has 0 unspecified atom stereocenters. The highest BCUT2D eigenvalue weighted by atomic mass is 16.3. The minimum Gasteiger partial charge on any atom is -0.393 e. The summed E-state index contributed by atoms with van der Waals surface area (Å²) in [6.07, 6.45) is 10.7. The van der Waals surface area contributed by atoms with Crippen LogP contribution >= 0.6 is 0 Å². The molecule has 4 aliphatic rings. The van der Waals surface area contributed by atoms with Crippen molar-refractivity contribution >= 4 is 0 Å². The van der Waals surface area contributed by atoms with Gasteiger partial charge in [-0.15, -0.1) is 0 Å². The Hall–Kier alpha value is -0.0800. The molecule has 2 heteroatoms. The molecule has 4 rings (SSSR count). The van der Waals surface area contributed by atoms with Crippen molar-refractivity contribution in [2.24, 2.45) is 34.5 Å². The summed E-state index contributed by atoms with van der Waals surface area (Å²) < 4.78 is 0. The average molecular weight is 292 g/mol. The highest BCUT2D eigenvalue weighted by Crippen LogP contribution is 2.66. The highest BCUT2D eigenvalue weighted by Gasteiger charge is 2.62. The first-order chi connectivity index (χ1) is 9.97. The molecule has 0 radical (unpaired) electrons. The number of rotatable bonds is 0. The Labute approximate surface area is 129 Å². The SMILES string of the molecule is C[C@]12CCCC[C@@H]1CC[C@H]1[C@H]2[C@H](O)C[C@@]2(C)[C@@H]1CC[C@@H]2O. The van der Waals surface area contributed by atoms with E-state index in [9.17, 15) is 10.2 Å². The van der Waals surface area contributed by atoms with Gasteiger partial charge in [-0.05, 0) is 79.4 Å². The number of aliphatic hydroxyl groups is 2. The smallest absolute Gasteiger partial charge is 0.0597 e. The van der Waals surface area contributed by atoms with Crippen LogP contribution in [-0.2, 0) is 0 Å². The molecule has 21 heavy (non-hydrogen) atoms. The summed E-state index contributed by atoms with van der Waals surface area (Å²) in [4.78, 5) is 0. The van der Waals surface area contributed by atoms with Gasteiger partial charge in [0.1, 0.15) is 0 Å². The summed E-state index contributed by atoms with van der Waals surface area (Å²) in [5, 5.41) is 21.5. The minimum atomic E-state index is -0.185. The number of aliphatic hydroxyl groups excluding tert-OH is 2. The molecule has 4 aliphatic carbocycles. The van der Waals surface area contributed by atoms with E-state index in [0.29, 0.717) is 23.2 Å². The molecule has 0 aromatic carbocycles. The third-order valence-electron chi connectivity index (χ3n) is 8.46. The van der Waals surface area contributed by atoms with Crippen LogP contribution in [-0.4, -0.2) is 22.4 Å². The van der Waals surface area contributed by atoms with Gasteiger partial charge in [0.05, 0.1) is 12.2 Å². The maximum Gasteiger partial charge on any atom is 0.0597 e. The lowest BCUT2D eigenvalue weighted by Gasteiger charge is -2.61. The molecular weight excluding hydrogens is 260 g/mol. The second-order valence-electron chi connectivity index (χ2n) is 9.19. The third kappa shape index (κ3) is 1.84. The van der Waals surface area contributed by atoms with Gasteiger partial charge in [-0.25, -0.2) is 0 Å². The van der Waals surface area contributed by atoms with Gasteiger partial charge in [-0.3, -0.25) is 0 Å². The predicted octanol–water partition coefficient (Wildman–Crippen LogP) is 3.75. The van der Waals surface area contributed by atoms with Crippen molar-refractivity contribution in [1.82, 2.24) is 0 Å². The normalized spacial score (nSPS) is 60.0. The van der Waals surface area contributed by atoms with Crippen molar-refractivity contribution in [3.8, 4) is 0 Å². The summed E-state index contributed by atoms with van der Waals surface area (Å²) >= 11 is 0. The lowest BCUT2D eigenvalue weighted by atomic mass is 9.44. The minimum absolute atomic E-state index is 0.0154. The molecular formula is C19H32O2. The average Bonchev–Trinajstić information content (AvgIpc) is 2.73. The fourth-order valence-corrected chi connectivity index (χ4v) is 7.39. The van der Waals surface area contributed by atoms with Crippen molar-refractivity contribution in [1.29, 1.82) is 0 Å². The quantitative estimate of drug-likeness (QED) is 0.714. The Morgan fingerprint density at radius 1 is 0.857 bits per heavy atom. The molecule has 0 aromatic heterocycles. The fourth-order valence-electron chi connectivity index (χ4n) is 7.39. The first-order valence-electron chi connectivity index (χ1n) is 9.33. The molecule has 0 aliphatic heterocycles. The van der Waals surface area contributed by atoms with E-state index in [1.165, 1.54) is 44.9 Å². The van der Waals surface area contributed by atoms with Gasteiger partial charge in [0.25, 0.3) is 0 Å². The molecule has 0 amide bonds. The van der Waals surface area contributed by atoms with E-state index in [1.54, 1.807) is 0 Å². The lowest BCUT2D eigenvalue weighted by molar-refractivity contribution is -0.175. The van der Waals surface area contributed by atoms with Crippen molar-refractivity contribution in [2.45, 2.75) is 83.8 Å². The van der Waals surface area contributed by atoms with Gasteiger partial charge in [-0.2, -0.15) is 0 Å². The zero-order chi connectivity index (χ0) is 14.8. The fraction of sp³-hybridized carbons (Fsp3) is 1.00. The summed E-state index contributed by atoms with van der Waals surface area (Å²) in [7, 11) is 0. The van der Waals surface area contributed by atoms with Crippen LogP contribution in [0.1, 0.15) is 71.6 Å². The molecule has 8 atom stereocenters. The van der Waals surface area contributed by atoms with E-state index < -0.39 is 0 Å². The second kappa shape index (κ2) is 4.71. The van der Waals surface area contributed by atoms with E-state index in [1.807, 2.05) is 0 Å². The summed E-state index contributed by atoms with van der Waals surface area (Å²) in [6, 6.07) is 0. The number of hydrogen-bond acceptors (Lipinski definition) is 2. The van der Waals surface area contributed by atoms with Crippen molar-refractivity contribution in [3.05, 3.63) is 0 Å². The topological polar surface area (TPSA) is 40.5 Å². The van der Waals surface area contributed by atoms with Gasteiger partial charge in [0, 0.05) is 0 Å². The molecule has 0 spiro atoms. The Bertz CT molecular complexity index is 422. The Kier molecular flexibility index (Phi) is 3.25. The summed E-state index contributed by atoms with van der Waals surface area (Å²) in [5.74, 6) is 2.66. The van der Waals surface area contributed by atoms with E-state index in [-0.39, 0.29) is 17.6 Å². The summed E-state index contributed by atoms with van der Waals surface area (Å²) in [5.41, 5.74) is 0.355. The van der Waals surface area contributed by atoms with Gasteiger partial charge < -0.3 is 10.2 Å². The number of hydrogen-bond donors (Lipinski definition) is 2. The Balaban J connectivity index is 1.70. The Morgan fingerprint density at radius 3 is 2.48 bits per heavy atom. The highest BCUT2D eigenvalue weighted by molar-refractivity contribution is 5.11. The molecule has 0 aromatic rings. The van der Waals surface area contributed by atoms with Crippen LogP contribution in [0.3, 0.4) is 0 Å². The monoisotopic (exact) mass is 292 g/mol. The van der Waals surface area contributed by atoms with Crippen LogP contribution < -0.4 is 0 Å². The molecule has 0 bridgehead atoms. The van der Waals surface area contributed by atoms with E-state index in [2.05, 4.69) is 13.8 Å². The molecule has 2 nitrogen and oxygen atoms in total. The van der Waals surface area contributed by atoms with Crippen LogP contribution in [0, 0.1) is 34.5 Å².